The number of β-lactam (4-membered cyclic amide) rings is 1. The van der Waals surface area contributed by atoms with E-state index in [1.807, 2.05) is 35.2 Å². The average molecular weight is 434 g/mol. The molecule has 1 saturated carbocycles. The minimum atomic E-state index is -0.767. The Morgan fingerprint density at radius 1 is 0.938 bits per heavy atom. The SMILES string of the molecule is O=C1CC(c2ccccc2)N1C1(C(=O)Nc2ccc(N3CCOCC3)cc2)CCCCC1. The summed E-state index contributed by atoms with van der Waals surface area (Å²) in [5, 5.41) is 3.15. The maximum Gasteiger partial charge on any atom is 0.250 e. The van der Waals surface area contributed by atoms with Crippen LogP contribution in [0, 0.1) is 0 Å². The number of hydrogen-bond acceptors (Lipinski definition) is 4. The quantitative estimate of drug-likeness (QED) is 0.720. The zero-order chi connectivity index (χ0) is 22.0. The van der Waals surface area contributed by atoms with Crippen molar-refractivity contribution in [3.8, 4) is 0 Å². The first-order valence-corrected chi connectivity index (χ1v) is 11.8. The normalized spacial score (nSPS) is 22.9. The summed E-state index contributed by atoms with van der Waals surface area (Å²) < 4.78 is 5.43. The molecule has 0 spiro atoms. The number of carbonyl (C=O) groups is 2. The number of carbonyl (C=O) groups excluding carboxylic acids is 2. The summed E-state index contributed by atoms with van der Waals surface area (Å²) >= 11 is 0. The smallest absolute Gasteiger partial charge is 0.250 e. The maximum absolute atomic E-state index is 13.7. The van der Waals surface area contributed by atoms with E-state index >= 15 is 0 Å². The second-order valence-corrected chi connectivity index (χ2v) is 9.09. The van der Waals surface area contributed by atoms with Crippen molar-refractivity contribution < 1.29 is 14.3 Å². The topological polar surface area (TPSA) is 61.9 Å². The summed E-state index contributed by atoms with van der Waals surface area (Å²) in [5.41, 5.74) is 2.26. The van der Waals surface area contributed by atoms with Gasteiger partial charge in [0.1, 0.15) is 5.54 Å². The molecular weight excluding hydrogens is 402 g/mol. The number of likely N-dealkylation sites (tertiary alicyclic amines) is 1. The Balaban J connectivity index is 1.36. The van der Waals surface area contributed by atoms with Crippen LogP contribution in [0.15, 0.2) is 54.6 Å². The fraction of sp³-hybridized carbons (Fsp3) is 0.462. The molecule has 0 bridgehead atoms. The van der Waals surface area contributed by atoms with Crippen molar-refractivity contribution in [3.63, 3.8) is 0 Å². The van der Waals surface area contributed by atoms with Gasteiger partial charge in [0.05, 0.1) is 25.7 Å². The number of hydrogen-bond donors (Lipinski definition) is 1. The Labute approximate surface area is 189 Å². The summed E-state index contributed by atoms with van der Waals surface area (Å²) in [6, 6.07) is 18.1. The van der Waals surface area contributed by atoms with Crippen LogP contribution in [0.25, 0.3) is 0 Å². The summed E-state index contributed by atoms with van der Waals surface area (Å²) in [7, 11) is 0. The lowest BCUT2D eigenvalue weighted by atomic mass is 9.75. The monoisotopic (exact) mass is 433 g/mol. The average Bonchev–Trinajstić information content (AvgIpc) is 2.84. The molecule has 2 amide bonds. The fourth-order valence-corrected chi connectivity index (χ4v) is 5.43. The van der Waals surface area contributed by atoms with Crippen molar-refractivity contribution in [1.82, 2.24) is 4.90 Å². The van der Waals surface area contributed by atoms with Crippen LogP contribution in [-0.2, 0) is 14.3 Å². The van der Waals surface area contributed by atoms with E-state index in [9.17, 15) is 9.59 Å². The Kier molecular flexibility index (Phi) is 5.87. The van der Waals surface area contributed by atoms with Gasteiger partial charge >= 0.3 is 0 Å². The number of ether oxygens (including phenoxy) is 1. The summed E-state index contributed by atoms with van der Waals surface area (Å²) in [6.07, 6.45) is 4.97. The number of anilines is 2. The van der Waals surface area contributed by atoms with Gasteiger partial charge in [-0.3, -0.25) is 9.59 Å². The minimum absolute atomic E-state index is 0.0174. The lowest BCUT2D eigenvalue weighted by Crippen LogP contribution is -2.65. The van der Waals surface area contributed by atoms with Gasteiger partial charge in [0.15, 0.2) is 0 Å². The second kappa shape index (κ2) is 8.94. The molecule has 1 atom stereocenters. The third-order valence-electron chi connectivity index (χ3n) is 7.20. The molecule has 6 heteroatoms. The highest BCUT2D eigenvalue weighted by molar-refractivity contribution is 6.02. The van der Waals surface area contributed by atoms with Crippen molar-refractivity contribution in [2.24, 2.45) is 0 Å². The molecule has 2 aromatic rings. The van der Waals surface area contributed by atoms with Crippen LogP contribution in [0.3, 0.4) is 0 Å². The predicted octanol–water partition coefficient (Wildman–Crippen LogP) is 4.14. The molecule has 3 fully saturated rings. The van der Waals surface area contributed by atoms with Crippen molar-refractivity contribution in [2.45, 2.75) is 50.1 Å². The van der Waals surface area contributed by atoms with Gasteiger partial charge in [-0.1, -0.05) is 49.6 Å². The molecule has 32 heavy (non-hydrogen) atoms. The Morgan fingerprint density at radius 3 is 2.28 bits per heavy atom. The van der Waals surface area contributed by atoms with Gasteiger partial charge in [-0.25, -0.2) is 0 Å². The largest absolute Gasteiger partial charge is 0.378 e. The second-order valence-electron chi connectivity index (χ2n) is 9.09. The highest BCUT2D eigenvalue weighted by Crippen LogP contribution is 2.46. The number of nitrogens with one attached hydrogen (secondary N) is 1. The third-order valence-corrected chi connectivity index (χ3v) is 7.20. The minimum Gasteiger partial charge on any atom is -0.378 e. The Hall–Kier alpha value is -2.86. The van der Waals surface area contributed by atoms with Crippen LogP contribution < -0.4 is 10.2 Å². The molecule has 0 radical (unpaired) electrons. The molecule has 168 valence electrons. The van der Waals surface area contributed by atoms with Gasteiger partial charge in [-0.2, -0.15) is 0 Å². The van der Waals surface area contributed by atoms with Crippen LogP contribution in [0.1, 0.15) is 50.1 Å². The molecule has 3 aliphatic rings. The number of amides is 2. The van der Waals surface area contributed by atoms with Crippen LogP contribution in [-0.4, -0.2) is 48.6 Å². The third kappa shape index (κ3) is 3.88. The van der Waals surface area contributed by atoms with E-state index in [0.717, 1.165) is 75.3 Å². The van der Waals surface area contributed by atoms with E-state index in [0.29, 0.717) is 6.42 Å². The van der Waals surface area contributed by atoms with Crippen molar-refractivity contribution >= 4 is 23.2 Å². The van der Waals surface area contributed by atoms with E-state index in [1.165, 1.54) is 0 Å². The van der Waals surface area contributed by atoms with E-state index in [-0.39, 0.29) is 17.9 Å². The Bertz CT molecular complexity index is 948. The molecule has 2 aromatic carbocycles. The molecule has 6 nitrogen and oxygen atoms in total. The van der Waals surface area contributed by atoms with Gasteiger partial charge < -0.3 is 19.9 Å². The molecule has 0 aromatic heterocycles. The number of benzene rings is 2. The highest BCUT2D eigenvalue weighted by Gasteiger charge is 2.54. The van der Waals surface area contributed by atoms with E-state index < -0.39 is 5.54 Å². The van der Waals surface area contributed by atoms with E-state index in [4.69, 9.17) is 4.74 Å². The van der Waals surface area contributed by atoms with Crippen molar-refractivity contribution in [2.75, 3.05) is 36.5 Å². The first-order chi connectivity index (χ1) is 15.7. The molecule has 5 rings (SSSR count). The summed E-state index contributed by atoms with van der Waals surface area (Å²) in [4.78, 5) is 30.7. The van der Waals surface area contributed by atoms with Crippen molar-refractivity contribution in [3.05, 3.63) is 60.2 Å². The van der Waals surface area contributed by atoms with Gasteiger partial charge in [0, 0.05) is 24.5 Å². The molecule has 1 N–H and O–H groups in total. The number of nitrogens with zero attached hydrogens (tertiary/aromatic N) is 2. The summed E-state index contributed by atoms with van der Waals surface area (Å²) in [5.74, 6) is 0.0314. The van der Waals surface area contributed by atoms with Crippen LogP contribution in [0.5, 0.6) is 0 Å². The van der Waals surface area contributed by atoms with Crippen molar-refractivity contribution in [1.29, 1.82) is 0 Å². The van der Waals surface area contributed by atoms with Crippen LogP contribution >= 0.6 is 0 Å². The number of rotatable bonds is 5. The zero-order valence-corrected chi connectivity index (χ0v) is 18.5. The number of morpholine rings is 1. The highest BCUT2D eigenvalue weighted by atomic mass is 16.5. The lowest BCUT2D eigenvalue weighted by Gasteiger charge is -2.54. The van der Waals surface area contributed by atoms with Crippen LogP contribution in [0.4, 0.5) is 11.4 Å². The predicted molar refractivity (Wildman–Crippen MR) is 125 cm³/mol. The van der Waals surface area contributed by atoms with E-state index in [2.05, 4.69) is 34.5 Å². The van der Waals surface area contributed by atoms with E-state index in [1.54, 1.807) is 0 Å². The maximum atomic E-state index is 13.7. The summed E-state index contributed by atoms with van der Waals surface area (Å²) in [6.45, 7) is 3.25. The van der Waals surface area contributed by atoms with Gasteiger partial charge in [-0.15, -0.1) is 0 Å². The lowest BCUT2D eigenvalue weighted by molar-refractivity contribution is -0.166. The zero-order valence-electron chi connectivity index (χ0n) is 18.5. The van der Waals surface area contributed by atoms with Gasteiger partial charge in [0.25, 0.3) is 0 Å². The molecule has 2 aliphatic heterocycles. The first-order valence-electron chi connectivity index (χ1n) is 11.8. The fourth-order valence-electron chi connectivity index (χ4n) is 5.43. The molecule has 1 aliphatic carbocycles. The first kappa shape index (κ1) is 21.0. The standard InChI is InChI=1S/C26H31N3O3/c30-24-19-23(20-7-3-1-4-8-20)29(24)26(13-5-2-6-14-26)25(31)27-21-9-11-22(12-10-21)28-15-17-32-18-16-28/h1,3-4,7-12,23H,2,5-6,13-19H2,(H,27,31). The molecule has 1 unspecified atom stereocenters. The molecule has 2 heterocycles. The Morgan fingerprint density at radius 2 is 1.62 bits per heavy atom. The van der Waals surface area contributed by atoms with Crippen LogP contribution in [0.2, 0.25) is 0 Å². The van der Waals surface area contributed by atoms with Gasteiger partial charge in [0.2, 0.25) is 11.8 Å². The molecule has 2 saturated heterocycles. The molecular formula is C26H31N3O3. The van der Waals surface area contributed by atoms with Gasteiger partial charge in [-0.05, 0) is 42.7 Å².